The number of amides is 1. The number of aliphatic hydroxyl groups excluding tert-OH is 1. The molecule has 108 valence electrons. The molecule has 2 rings (SSSR count). The highest BCUT2D eigenvalue weighted by atomic mass is 32.1. The van der Waals surface area contributed by atoms with Crippen molar-refractivity contribution in [2.75, 3.05) is 13.2 Å². The minimum Gasteiger partial charge on any atom is -0.396 e. The highest BCUT2D eigenvalue weighted by molar-refractivity contribution is 7.09. The number of carbonyl (C=O) groups is 1. The zero-order chi connectivity index (χ0) is 14.5. The molecule has 1 unspecified atom stereocenters. The summed E-state index contributed by atoms with van der Waals surface area (Å²) in [4.78, 5) is 19.3. The van der Waals surface area contributed by atoms with Gasteiger partial charge in [0.2, 0.25) is 0 Å². The second-order valence-electron chi connectivity index (χ2n) is 4.88. The third kappa shape index (κ3) is 3.68. The molecule has 5 nitrogen and oxygen atoms in total. The molecule has 3 N–H and O–H groups in total. The maximum absolute atomic E-state index is 12.0. The van der Waals surface area contributed by atoms with E-state index in [1.54, 1.807) is 23.6 Å². The van der Waals surface area contributed by atoms with Crippen LogP contribution >= 0.6 is 11.3 Å². The maximum Gasteiger partial charge on any atom is 0.267 e. The van der Waals surface area contributed by atoms with Crippen LogP contribution in [0.15, 0.2) is 17.6 Å². The lowest BCUT2D eigenvalue weighted by Crippen LogP contribution is -2.28. The van der Waals surface area contributed by atoms with Crippen LogP contribution in [0, 0.1) is 12.8 Å². The van der Waals surface area contributed by atoms with E-state index in [9.17, 15) is 4.79 Å². The van der Waals surface area contributed by atoms with Crippen LogP contribution in [-0.2, 0) is 0 Å². The molecule has 0 spiro atoms. The first-order chi connectivity index (χ1) is 9.60. The lowest BCUT2D eigenvalue weighted by Gasteiger charge is -2.10. The summed E-state index contributed by atoms with van der Waals surface area (Å²) in [7, 11) is 0. The monoisotopic (exact) mass is 293 g/mol. The van der Waals surface area contributed by atoms with E-state index in [0.717, 1.165) is 16.3 Å². The summed E-state index contributed by atoms with van der Waals surface area (Å²) < 4.78 is 0. The molecule has 6 heteroatoms. The summed E-state index contributed by atoms with van der Waals surface area (Å²) in [5.74, 6) is 0.132. The number of nitrogens with zero attached hydrogens (tertiary/aromatic N) is 1. The van der Waals surface area contributed by atoms with E-state index in [-0.39, 0.29) is 18.4 Å². The van der Waals surface area contributed by atoms with Crippen LogP contribution in [0.25, 0.3) is 11.3 Å². The first-order valence-corrected chi connectivity index (χ1v) is 7.48. The predicted octanol–water partition coefficient (Wildman–Crippen LogP) is 2.19. The number of H-pyrrole nitrogens is 1. The van der Waals surface area contributed by atoms with Gasteiger partial charge in [-0.3, -0.25) is 4.79 Å². The van der Waals surface area contributed by atoms with Crippen LogP contribution in [0.4, 0.5) is 0 Å². The van der Waals surface area contributed by atoms with Gasteiger partial charge in [0.25, 0.3) is 5.91 Å². The number of aliphatic hydroxyl groups is 1. The van der Waals surface area contributed by atoms with E-state index in [1.165, 1.54) is 0 Å². The standard InChI is InChI=1S/C14H19N3O2S/c1-9(3-4-18)6-16-14(19)12-5-11(7-15-12)13-8-20-10(2)17-13/h5,7-9,15,18H,3-4,6H2,1-2H3,(H,16,19). The summed E-state index contributed by atoms with van der Waals surface area (Å²) in [6.07, 6.45) is 2.48. The van der Waals surface area contributed by atoms with E-state index in [2.05, 4.69) is 15.3 Å². The molecule has 0 bridgehead atoms. The van der Waals surface area contributed by atoms with Crippen LogP contribution in [0.3, 0.4) is 0 Å². The summed E-state index contributed by atoms with van der Waals surface area (Å²) in [6, 6.07) is 1.81. The van der Waals surface area contributed by atoms with Crippen molar-refractivity contribution in [3.05, 3.63) is 28.3 Å². The molecule has 0 saturated carbocycles. The molecular weight excluding hydrogens is 274 g/mol. The molecule has 2 aromatic rings. The van der Waals surface area contributed by atoms with Gasteiger partial charge in [-0.1, -0.05) is 6.92 Å². The van der Waals surface area contributed by atoms with Crippen molar-refractivity contribution < 1.29 is 9.90 Å². The molecule has 20 heavy (non-hydrogen) atoms. The van der Waals surface area contributed by atoms with Gasteiger partial charge in [0.15, 0.2) is 0 Å². The van der Waals surface area contributed by atoms with E-state index in [1.807, 2.05) is 19.2 Å². The van der Waals surface area contributed by atoms with Gasteiger partial charge in [0.05, 0.1) is 10.7 Å². The first kappa shape index (κ1) is 14.7. The zero-order valence-corrected chi connectivity index (χ0v) is 12.5. The summed E-state index contributed by atoms with van der Waals surface area (Å²) in [5, 5.41) is 14.7. The van der Waals surface area contributed by atoms with Crippen LogP contribution < -0.4 is 5.32 Å². The second kappa shape index (κ2) is 6.67. The number of hydrogen-bond acceptors (Lipinski definition) is 4. The number of carbonyl (C=O) groups excluding carboxylic acids is 1. The average molecular weight is 293 g/mol. The number of hydrogen-bond donors (Lipinski definition) is 3. The Balaban J connectivity index is 1.96. The zero-order valence-electron chi connectivity index (χ0n) is 11.6. The minimum atomic E-state index is -0.131. The Labute approximate surface area is 122 Å². The summed E-state index contributed by atoms with van der Waals surface area (Å²) >= 11 is 1.59. The molecule has 1 amide bonds. The third-order valence-electron chi connectivity index (χ3n) is 3.08. The van der Waals surface area contributed by atoms with Gasteiger partial charge in [-0.25, -0.2) is 4.98 Å². The van der Waals surface area contributed by atoms with Crippen molar-refractivity contribution in [3.63, 3.8) is 0 Å². The number of rotatable bonds is 6. The fourth-order valence-electron chi connectivity index (χ4n) is 1.85. The average Bonchev–Trinajstić information content (AvgIpc) is 3.04. The van der Waals surface area contributed by atoms with Crippen LogP contribution in [0.5, 0.6) is 0 Å². The Morgan fingerprint density at radius 1 is 1.60 bits per heavy atom. The second-order valence-corrected chi connectivity index (χ2v) is 5.94. The molecule has 1 atom stereocenters. The molecule has 0 saturated heterocycles. The van der Waals surface area contributed by atoms with Gasteiger partial charge in [-0.05, 0) is 25.3 Å². The van der Waals surface area contributed by atoms with Crippen LogP contribution in [-0.4, -0.2) is 34.1 Å². The normalized spacial score (nSPS) is 12.3. The largest absolute Gasteiger partial charge is 0.396 e. The Bertz CT molecular complexity index is 576. The van der Waals surface area contributed by atoms with Crippen molar-refractivity contribution in [2.24, 2.45) is 5.92 Å². The molecule has 0 radical (unpaired) electrons. The smallest absolute Gasteiger partial charge is 0.267 e. The summed E-state index contributed by atoms with van der Waals surface area (Å²) in [6.45, 7) is 4.65. The highest BCUT2D eigenvalue weighted by Crippen LogP contribution is 2.22. The quantitative estimate of drug-likeness (QED) is 0.764. The number of aromatic amines is 1. The van der Waals surface area contributed by atoms with Gasteiger partial charge in [-0.15, -0.1) is 11.3 Å². The van der Waals surface area contributed by atoms with Crippen molar-refractivity contribution >= 4 is 17.2 Å². The molecule has 0 aromatic carbocycles. The SMILES string of the molecule is Cc1nc(-c2c[nH]c(C(=O)NCC(C)CCO)c2)cs1. The Morgan fingerprint density at radius 3 is 3.05 bits per heavy atom. The molecule has 2 heterocycles. The Morgan fingerprint density at radius 2 is 2.40 bits per heavy atom. The molecule has 0 aliphatic rings. The topological polar surface area (TPSA) is 78.0 Å². The van der Waals surface area contributed by atoms with Gasteiger partial charge in [0.1, 0.15) is 5.69 Å². The Kier molecular flexibility index (Phi) is 4.92. The third-order valence-corrected chi connectivity index (χ3v) is 3.85. The molecule has 0 aliphatic carbocycles. The van der Waals surface area contributed by atoms with Gasteiger partial charge < -0.3 is 15.4 Å². The van der Waals surface area contributed by atoms with Gasteiger partial charge in [-0.2, -0.15) is 0 Å². The fourth-order valence-corrected chi connectivity index (χ4v) is 2.48. The van der Waals surface area contributed by atoms with E-state index < -0.39 is 0 Å². The van der Waals surface area contributed by atoms with Gasteiger partial charge in [0, 0.05) is 30.3 Å². The number of aromatic nitrogens is 2. The number of thiazole rings is 1. The molecule has 2 aromatic heterocycles. The predicted molar refractivity (Wildman–Crippen MR) is 79.8 cm³/mol. The Hall–Kier alpha value is -1.66. The number of aryl methyl sites for hydroxylation is 1. The van der Waals surface area contributed by atoms with Crippen LogP contribution in [0.2, 0.25) is 0 Å². The molecule has 0 aliphatic heterocycles. The fraction of sp³-hybridized carbons (Fsp3) is 0.429. The van der Waals surface area contributed by atoms with Crippen molar-refractivity contribution in [1.82, 2.24) is 15.3 Å². The van der Waals surface area contributed by atoms with E-state index >= 15 is 0 Å². The van der Waals surface area contributed by atoms with Crippen molar-refractivity contribution in [3.8, 4) is 11.3 Å². The van der Waals surface area contributed by atoms with Crippen LogP contribution in [0.1, 0.15) is 28.8 Å². The van der Waals surface area contributed by atoms with Gasteiger partial charge >= 0.3 is 0 Å². The number of nitrogens with one attached hydrogen (secondary N) is 2. The maximum atomic E-state index is 12.0. The summed E-state index contributed by atoms with van der Waals surface area (Å²) in [5.41, 5.74) is 2.33. The highest BCUT2D eigenvalue weighted by Gasteiger charge is 2.12. The van der Waals surface area contributed by atoms with E-state index in [4.69, 9.17) is 5.11 Å². The molecular formula is C14H19N3O2S. The first-order valence-electron chi connectivity index (χ1n) is 6.60. The minimum absolute atomic E-state index is 0.131. The van der Waals surface area contributed by atoms with Crippen molar-refractivity contribution in [1.29, 1.82) is 0 Å². The lowest BCUT2D eigenvalue weighted by atomic mass is 10.1. The van der Waals surface area contributed by atoms with E-state index in [0.29, 0.717) is 18.7 Å². The molecule has 0 fully saturated rings. The van der Waals surface area contributed by atoms with Crippen molar-refractivity contribution in [2.45, 2.75) is 20.3 Å². The lowest BCUT2D eigenvalue weighted by molar-refractivity contribution is 0.0941.